The molecule has 0 saturated carbocycles. The van der Waals surface area contributed by atoms with Crippen LogP contribution in [0.25, 0.3) is 0 Å². The minimum absolute atomic E-state index is 0.00191. The molecule has 1 N–H and O–H groups in total. The van der Waals surface area contributed by atoms with Gasteiger partial charge in [-0.1, -0.05) is 18.2 Å². The Bertz CT molecular complexity index is 684. The molecule has 1 aliphatic heterocycles. The fraction of sp³-hybridized carbons (Fsp3) is 0.400. The SMILES string of the molecule is O=C(CCc1ccccc1F)NCC1CCN(c2cccnc2)CC1. The topological polar surface area (TPSA) is 45.2 Å². The maximum atomic E-state index is 13.6. The number of aromatic nitrogens is 1. The summed E-state index contributed by atoms with van der Waals surface area (Å²) in [6.07, 6.45) is 6.57. The molecule has 2 aromatic rings. The molecule has 1 amide bonds. The van der Waals surface area contributed by atoms with Crippen LogP contribution in [0.15, 0.2) is 48.8 Å². The number of carbonyl (C=O) groups excluding carboxylic acids is 1. The first-order valence-electron chi connectivity index (χ1n) is 8.87. The maximum Gasteiger partial charge on any atom is 0.220 e. The van der Waals surface area contributed by atoms with Crippen molar-refractivity contribution in [1.82, 2.24) is 10.3 Å². The summed E-state index contributed by atoms with van der Waals surface area (Å²) in [5.74, 6) is 0.265. The molecule has 132 valence electrons. The van der Waals surface area contributed by atoms with E-state index in [2.05, 4.69) is 21.3 Å². The molecule has 0 atom stereocenters. The van der Waals surface area contributed by atoms with E-state index in [4.69, 9.17) is 0 Å². The molecule has 25 heavy (non-hydrogen) atoms. The van der Waals surface area contributed by atoms with E-state index in [0.717, 1.165) is 31.6 Å². The molecular weight excluding hydrogens is 317 g/mol. The van der Waals surface area contributed by atoms with E-state index in [0.29, 0.717) is 30.9 Å². The van der Waals surface area contributed by atoms with Crippen LogP contribution in [-0.2, 0) is 11.2 Å². The van der Waals surface area contributed by atoms with Crippen LogP contribution in [0.3, 0.4) is 0 Å². The number of anilines is 1. The standard InChI is InChI=1S/C20H24FN3O/c21-19-6-2-1-4-17(19)7-8-20(25)23-14-16-9-12-24(13-10-16)18-5-3-11-22-15-18/h1-6,11,15-16H,7-10,12-14H2,(H,23,25). The van der Waals surface area contributed by atoms with Gasteiger partial charge in [-0.15, -0.1) is 0 Å². The van der Waals surface area contributed by atoms with Gasteiger partial charge < -0.3 is 10.2 Å². The van der Waals surface area contributed by atoms with Crippen molar-refractivity contribution in [2.24, 2.45) is 5.92 Å². The Morgan fingerprint density at radius 1 is 1.20 bits per heavy atom. The van der Waals surface area contributed by atoms with Crippen LogP contribution >= 0.6 is 0 Å². The van der Waals surface area contributed by atoms with Crippen LogP contribution in [0.1, 0.15) is 24.8 Å². The molecule has 4 nitrogen and oxygen atoms in total. The van der Waals surface area contributed by atoms with Crippen molar-refractivity contribution in [2.45, 2.75) is 25.7 Å². The second-order valence-corrected chi connectivity index (χ2v) is 6.54. The van der Waals surface area contributed by atoms with Crippen molar-refractivity contribution in [3.8, 4) is 0 Å². The third-order valence-electron chi connectivity index (χ3n) is 4.79. The summed E-state index contributed by atoms with van der Waals surface area (Å²) in [7, 11) is 0. The first-order valence-corrected chi connectivity index (χ1v) is 8.87. The Balaban J connectivity index is 1.37. The quantitative estimate of drug-likeness (QED) is 0.878. The van der Waals surface area contributed by atoms with Gasteiger partial charge in [0.15, 0.2) is 0 Å². The summed E-state index contributed by atoms with van der Waals surface area (Å²) in [4.78, 5) is 18.5. The van der Waals surface area contributed by atoms with Gasteiger partial charge in [0.1, 0.15) is 5.82 Å². The number of pyridine rings is 1. The zero-order valence-electron chi connectivity index (χ0n) is 14.3. The second kappa shape index (κ2) is 8.60. The largest absolute Gasteiger partial charge is 0.370 e. The van der Waals surface area contributed by atoms with Crippen LogP contribution in [0.5, 0.6) is 0 Å². The van der Waals surface area contributed by atoms with E-state index >= 15 is 0 Å². The van der Waals surface area contributed by atoms with Crippen LogP contribution in [0.4, 0.5) is 10.1 Å². The van der Waals surface area contributed by atoms with Gasteiger partial charge in [-0.25, -0.2) is 4.39 Å². The monoisotopic (exact) mass is 341 g/mol. The maximum absolute atomic E-state index is 13.6. The van der Waals surface area contributed by atoms with Crippen LogP contribution in [-0.4, -0.2) is 30.5 Å². The second-order valence-electron chi connectivity index (χ2n) is 6.54. The number of hydrogen-bond acceptors (Lipinski definition) is 3. The number of rotatable bonds is 6. The number of benzene rings is 1. The third-order valence-corrected chi connectivity index (χ3v) is 4.79. The number of hydrogen-bond donors (Lipinski definition) is 1. The first-order chi connectivity index (χ1) is 12.2. The molecule has 0 unspecified atom stereocenters. The lowest BCUT2D eigenvalue weighted by Gasteiger charge is -2.33. The lowest BCUT2D eigenvalue weighted by molar-refractivity contribution is -0.121. The van der Waals surface area contributed by atoms with Crippen LogP contribution in [0.2, 0.25) is 0 Å². The molecule has 2 heterocycles. The molecule has 1 saturated heterocycles. The fourth-order valence-electron chi connectivity index (χ4n) is 3.23. The summed E-state index contributed by atoms with van der Waals surface area (Å²) >= 11 is 0. The molecule has 0 radical (unpaired) electrons. The molecule has 1 aliphatic rings. The molecule has 1 fully saturated rings. The van der Waals surface area contributed by atoms with Crippen molar-refractivity contribution in [1.29, 1.82) is 0 Å². The summed E-state index contributed by atoms with van der Waals surface area (Å²) in [5.41, 5.74) is 1.76. The molecule has 5 heteroatoms. The van der Waals surface area contributed by atoms with Crippen molar-refractivity contribution in [3.63, 3.8) is 0 Å². The number of nitrogens with zero attached hydrogens (tertiary/aromatic N) is 2. The number of carbonyl (C=O) groups is 1. The summed E-state index contributed by atoms with van der Waals surface area (Å²) in [6, 6.07) is 10.7. The van der Waals surface area contributed by atoms with E-state index in [1.54, 1.807) is 24.4 Å². The third kappa shape index (κ3) is 5.02. The van der Waals surface area contributed by atoms with E-state index in [9.17, 15) is 9.18 Å². The van der Waals surface area contributed by atoms with Gasteiger partial charge >= 0.3 is 0 Å². The molecule has 1 aromatic heterocycles. The molecule has 1 aromatic carbocycles. The molecule has 0 bridgehead atoms. The highest BCUT2D eigenvalue weighted by molar-refractivity contribution is 5.76. The number of aryl methyl sites for hydroxylation is 1. The summed E-state index contributed by atoms with van der Waals surface area (Å²) < 4.78 is 13.6. The first kappa shape index (κ1) is 17.4. The Kier molecular flexibility index (Phi) is 5.99. The van der Waals surface area contributed by atoms with Gasteiger partial charge in [0.05, 0.1) is 11.9 Å². The number of halogens is 1. The highest BCUT2D eigenvalue weighted by atomic mass is 19.1. The van der Waals surface area contributed by atoms with E-state index < -0.39 is 0 Å². The fourth-order valence-corrected chi connectivity index (χ4v) is 3.23. The minimum atomic E-state index is -0.238. The van der Waals surface area contributed by atoms with Gasteiger partial charge in [0.2, 0.25) is 5.91 Å². The lowest BCUT2D eigenvalue weighted by atomic mass is 9.96. The lowest BCUT2D eigenvalue weighted by Crippen LogP contribution is -2.38. The summed E-state index contributed by atoms with van der Waals surface area (Å²) in [5, 5.41) is 3.00. The predicted octanol–water partition coefficient (Wildman–Crippen LogP) is 3.19. The van der Waals surface area contributed by atoms with E-state index in [-0.39, 0.29) is 11.7 Å². The average molecular weight is 341 g/mol. The zero-order valence-corrected chi connectivity index (χ0v) is 14.3. The van der Waals surface area contributed by atoms with Crippen molar-refractivity contribution in [3.05, 3.63) is 60.2 Å². The van der Waals surface area contributed by atoms with Crippen LogP contribution in [0, 0.1) is 11.7 Å². The predicted molar refractivity (Wildman–Crippen MR) is 96.9 cm³/mol. The highest BCUT2D eigenvalue weighted by Gasteiger charge is 2.20. The number of piperidine rings is 1. The Morgan fingerprint density at radius 2 is 2.00 bits per heavy atom. The van der Waals surface area contributed by atoms with Gasteiger partial charge in [0, 0.05) is 32.3 Å². The smallest absolute Gasteiger partial charge is 0.220 e. The van der Waals surface area contributed by atoms with E-state index in [1.807, 2.05) is 12.3 Å². The van der Waals surface area contributed by atoms with E-state index in [1.165, 1.54) is 6.07 Å². The van der Waals surface area contributed by atoms with Gasteiger partial charge in [0.25, 0.3) is 0 Å². The molecule has 0 spiro atoms. The molecular formula is C20H24FN3O. The van der Waals surface area contributed by atoms with Crippen LogP contribution < -0.4 is 10.2 Å². The van der Waals surface area contributed by atoms with Crippen molar-refractivity contribution in [2.75, 3.05) is 24.5 Å². The molecule has 3 rings (SSSR count). The van der Waals surface area contributed by atoms with Crippen molar-refractivity contribution < 1.29 is 9.18 Å². The summed E-state index contributed by atoms with van der Waals surface area (Å²) in [6.45, 7) is 2.68. The normalized spacial score (nSPS) is 15.2. The zero-order chi connectivity index (χ0) is 17.5. The Hall–Kier alpha value is -2.43. The number of amides is 1. The Labute approximate surface area is 148 Å². The molecule has 0 aliphatic carbocycles. The van der Waals surface area contributed by atoms with Gasteiger partial charge in [-0.2, -0.15) is 0 Å². The van der Waals surface area contributed by atoms with Gasteiger partial charge in [-0.05, 0) is 48.9 Å². The van der Waals surface area contributed by atoms with Crippen molar-refractivity contribution >= 4 is 11.6 Å². The minimum Gasteiger partial charge on any atom is -0.370 e. The highest BCUT2D eigenvalue weighted by Crippen LogP contribution is 2.22. The average Bonchev–Trinajstić information content (AvgIpc) is 2.67. The van der Waals surface area contributed by atoms with Gasteiger partial charge in [-0.3, -0.25) is 9.78 Å². The Morgan fingerprint density at radius 3 is 2.72 bits per heavy atom. The number of nitrogens with one attached hydrogen (secondary N) is 1.